The molecule has 4 heteroatoms. The summed E-state index contributed by atoms with van der Waals surface area (Å²) in [6.45, 7) is 21.4. The molecule has 1 aromatic rings. The highest BCUT2D eigenvalue weighted by molar-refractivity contribution is 7.42. The van der Waals surface area contributed by atoms with Crippen LogP contribution in [0.5, 0.6) is 5.75 Å². The van der Waals surface area contributed by atoms with Crippen molar-refractivity contribution in [2.75, 3.05) is 13.2 Å². The van der Waals surface area contributed by atoms with Crippen LogP contribution in [0.3, 0.4) is 0 Å². The maximum absolute atomic E-state index is 6.28. The first kappa shape index (κ1) is 19.7. The fourth-order valence-electron chi connectivity index (χ4n) is 2.66. The highest BCUT2D eigenvalue weighted by atomic mass is 31.2. The lowest BCUT2D eigenvalue weighted by atomic mass is 9.75. The van der Waals surface area contributed by atoms with Gasteiger partial charge in [-0.2, -0.15) is 0 Å². The maximum atomic E-state index is 6.28. The van der Waals surface area contributed by atoms with Crippen LogP contribution in [0.15, 0.2) is 12.1 Å². The molecule has 0 radical (unpaired) electrons. The first-order chi connectivity index (χ1) is 10.8. The molecule has 0 atom stereocenters. The summed E-state index contributed by atoms with van der Waals surface area (Å²) < 4.78 is 17.5. The van der Waals surface area contributed by atoms with E-state index >= 15 is 0 Å². The van der Waals surface area contributed by atoms with E-state index in [1.165, 1.54) is 16.7 Å². The monoisotopic (exact) mass is 352 g/mol. The second-order valence-electron chi connectivity index (χ2n) is 9.63. The molecule has 0 unspecified atom stereocenters. The third kappa shape index (κ3) is 4.50. The second kappa shape index (κ2) is 6.59. The summed E-state index contributed by atoms with van der Waals surface area (Å²) in [6.07, 6.45) is 0. The fourth-order valence-corrected chi connectivity index (χ4v) is 3.64. The van der Waals surface area contributed by atoms with E-state index in [1.807, 2.05) is 0 Å². The molecule has 0 spiro atoms. The zero-order valence-corrected chi connectivity index (χ0v) is 17.6. The lowest BCUT2D eigenvalue weighted by molar-refractivity contribution is 0.345. The Labute approximate surface area is 149 Å². The summed E-state index contributed by atoms with van der Waals surface area (Å²) >= 11 is 0. The largest absolute Gasteiger partial charge is 0.426 e. The van der Waals surface area contributed by atoms with Gasteiger partial charge in [-0.15, -0.1) is 0 Å². The van der Waals surface area contributed by atoms with Gasteiger partial charge in [0.25, 0.3) is 0 Å². The van der Waals surface area contributed by atoms with Crippen molar-refractivity contribution in [2.45, 2.75) is 78.6 Å². The molecule has 1 aromatic carbocycles. The summed E-state index contributed by atoms with van der Waals surface area (Å²) in [7, 11) is -1.29. The molecule has 0 bridgehead atoms. The van der Waals surface area contributed by atoms with Crippen LogP contribution in [0, 0.1) is 0 Å². The summed E-state index contributed by atoms with van der Waals surface area (Å²) in [5.41, 5.74) is 3.83. The Kier molecular flexibility index (Phi) is 5.41. The van der Waals surface area contributed by atoms with Crippen LogP contribution in [0.2, 0.25) is 0 Å². The SMILES string of the molecule is CC(C)(C)c1cc(C(C)(C)C)c(OP2OCCO2)c(C(C)(C)C)c1. The van der Waals surface area contributed by atoms with Crippen LogP contribution in [0.1, 0.15) is 79.0 Å². The Bertz CT molecular complexity index is 547. The van der Waals surface area contributed by atoms with Gasteiger partial charge >= 0.3 is 8.60 Å². The van der Waals surface area contributed by atoms with E-state index in [0.29, 0.717) is 13.2 Å². The van der Waals surface area contributed by atoms with Gasteiger partial charge in [0.1, 0.15) is 5.75 Å². The van der Waals surface area contributed by atoms with Crippen molar-refractivity contribution in [3.8, 4) is 5.75 Å². The van der Waals surface area contributed by atoms with Crippen molar-refractivity contribution in [1.82, 2.24) is 0 Å². The number of hydrogen-bond acceptors (Lipinski definition) is 3. The summed E-state index contributed by atoms with van der Waals surface area (Å²) in [5.74, 6) is 0.941. The third-order valence-corrected chi connectivity index (χ3v) is 5.33. The lowest BCUT2D eigenvalue weighted by Gasteiger charge is -2.33. The molecule has 1 aliphatic heterocycles. The molecule has 1 aliphatic rings. The lowest BCUT2D eigenvalue weighted by Crippen LogP contribution is -2.22. The standard InChI is InChI=1S/C20H33O3P/c1-18(2,3)14-12-15(19(4,5)6)17(16(13-14)20(7,8)9)23-24-21-10-11-22-24/h12-13H,10-11H2,1-9H3. The predicted molar refractivity (Wildman–Crippen MR) is 102 cm³/mol. The number of hydrogen-bond donors (Lipinski definition) is 0. The van der Waals surface area contributed by atoms with Crippen LogP contribution < -0.4 is 4.52 Å². The minimum Gasteiger partial charge on any atom is -0.426 e. The Morgan fingerprint density at radius 1 is 0.750 bits per heavy atom. The van der Waals surface area contributed by atoms with Gasteiger partial charge in [0.05, 0.1) is 13.2 Å². The van der Waals surface area contributed by atoms with Crippen molar-refractivity contribution in [3.05, 3.63) is 28.8 Å². The van der Waals surface area contributed by atoms with Gasteiger partial charge in [-0.3, -0.25) is 0 Å². The Morgan fingerprint density at radius 2 is 1.17 bits per heavy atom. The molecule has 0 aliphatic carbocycles. The molecule has 0 aromatic heterocycles. The van der Waals surface area contributed by atoms with Crippen LogP contribution in [-0.2, 0) is 25.3 Å². The summed E-state index contributed by atoms with van der Waals surface area (Å²) in [4.78, 5) is 0. The Hall–Kier alpha value is -0.630. The molecular formula is C20H33O3P. The number of benzene rings is 1. The summed E-state index contributed by atoms with van der Waals surface area (Å²) in [5, 5.41) is 0. The van der Waals surface area contributed by atoms with Gasteiger partial charge in [-0.1, -0.05) is 74.4 Å². The Balaban J connectivity index is 2.67. The van der Waals surface area contributed by atoms with E-state index in [2.05, 4.69) is 74.4 Å². The second-order valence-corrected chi connectivity index (χ2v) is 10.8. The quantitative estimate of drug-likeness (QED) is 0.590. The zero-order chi connectivity index (χ0) is 18.3. The average molecular weight is 352 g/mol. The van der Waals surface area contributed by atoms with Crippen molar-refractivity contribution >= 4 is 8.60 Å². The van der Waals surface area contributed by atoms with Crippen molar-refractivity contribution in [1.29, 1.82) is 0 Å². The van der Waals surface area contributed by atoms with Gasteiger partial charge in [0, 0.05) is 11.1 Å². The first-order valence-electron chi connectivity index (χ1n) is 8.73. The minimum atomic E-state index is -1.29. The van der Waals surface area contributed by atoms with Gasteiger partial charge in [-0.25, -0.2) is 0 Å². The van der Waals surface area contributed by atoms with Crippen molar-refractivity contribution in [3.63, 3.8) is 0 Å². The van der Waals surface area contributed by atoms with Crippen LogP contribution >= 0.6 is 8.60 Å². The van der Waals surface area contributed by atoms with Crippen LogP contribution in [-0.4, -0.2) is 13.2 Å². The van der Waals surface area contributed by atoms with E-state index in [4.69, 9.17) is 13.6 Å². The van der Waals surface area contributed by atoms with Crippen molar-refractivity contribution < 1.29 is 13.6 Å². The first-order valence-corrected chi connectivity index (χ1v) is 9.83. The van der Waals surface area contributed by atoms with Crippen LogP contribution in [0.25, 0.3) is 0 Å². The third-order valence-electron chi connectivity index (χ3n) is 4.21. The normalized spacial score (nSPS) is 17.4. The molecule has 1 heterocycles. The Morgan fingerprint density at radius 3 is 1.50 bits per heavy atom. The molecular weight excluding hydrogens is 319 g/mol. The maximum Gasteiger partial charge on any atom is 0.397 e. The van der Waals surface area contributed by atoms with E-state index in [1.54, 1.807) is 0 Å². The molecule has 2 rings (SSSR count). The van der Waals surface area contributed by atoms with Gasteiger partial charge in [0.15, 0.2) is 0 Å². The van der Waals surface area contributed by atoms with Crippen LogP contribution in [0.4, 0.5) is 0 Å². The molecule has 3 nitrogen and oxygen atoms in total. The zero-order valence-electron chi connectivity index (χ0n) is 16.7. The molecule has 1 saturated heterocycles. The molecule has 1 fully saturated rings. The smallest absolute Gasteiger partial charge is 0.397 e. The molecule has 136 valence electrons. The van der Waals surface area contributed by atoms with E-state index in [0.717, 1.165) is 5.75 Å². The van der Waals surface area contributed by atoms with E-state index in [-0.39, 0.29) is 16.2 Å². The predicted octanol–water partition coefficient (Wildman–Crippen LogP) is 6.23. The molecule has 0 amide bonds. The summed E-state index contributed by atoms with van der Waals surface area (Å²) in [6, 6.07) is 4.60. The molecule has 0 N–H and O–H groups in total. The minimum absolute atomic E-state index is 0.0222. The van der Waals surface area contributed by atoms with Crippen molar-refractivity contribution in [2.24, 2.45) is 0 Å². The van der Waals surface area contributed by atoms with Gasteiger partial charge in [0.2, 0.25) is 0 Å². The molecule has 0 saturated carbocycles. The van der Waals surface area contributed by atoms with E-state index in [9.17, 15) is 0 Å². The highest BCUT2D eigenvalue weighted by Crippen LogP contribution is 2.50. The topological polar surface area (TPSA) is 27.7 Å². The average Bonchev–Trinajstić information content (AvgIpc) is 2.87. The number of rotatable bonds is 2. The fraction of sp³-hybridized carbons (Fsp3) is 0.700. The van der Waals surface area contributed by atoms with Gasteiger partial charge < -0.3 is 13.6 Å². The highest BCUT2D eigenvalue weighted by Gasteiger charge is 2.33. The molecule has 24 heavy (non-hydrogen) atoms. The van der Waals surface area contributed by atoms with Gasteiger partial charge in [-0.05, 0) is 21.8 Å². The van der Waals surface area contributed by atoms with E-state index < -0.39 is 8.60 Å².